The molecule has 1 saturated heterocycles. The Balaban J connectivity index is 2.90. The summed E-state index contributed by atoms with van der Waals surface area (Å²) in [4.78, 5) is 52.1. The van der Waals surface area contributed by atoms with E-state index in [-0.39, 0.29) is 24.2 Å². The summed E-state index contributed by atoms with van der Waals surface area (Å²) in [5.41, 5.74) is -1.24. The summed E-state index contributed by atoms with van der Waals surface area (Å²) in [6, 6.07) is -2.05. The fourth-order valence-electron chi connectivity index (χ4n) is 3.72. The van der Waals surface area contributed by atoms with Crippen molar-refractivity contribution in [3.8, 4) is 0 Å². The molecule has 3 unspecified atom stereocenters. The zero-order chi connectivity index (χ0) is 24.9. The lowest BCUT2D eigenvalue weighted by atomic mass is 9.84. The molecule has 3 atom stereocenters. The van der Waals surface area contributed by atoms with Crippen molar-refractivity contribution in [2.75, 3.05) is 20.2 Å². The van der Waals surface area contributed by atoms with E-state index in [0.717, 1.165) is 6.42 Å². The topological polar surface area (TPSA) is 114 Å². The van der Waals surface area contributed by atoms with Crippen LogP contribution in [0.15, 0.2) is 0 Å². The van der Waals surface area contributed by atoms with E-state index in [1.165, 1.54) is 12.0 Å². The molecule has 0 saturated carbocycles. The molecule has 9 heteroatoms. The number of nitrogens with zero attached hydrogens (tertiary/aromatic N) is 1. The summed E-state index contributed by atoms with van der Waals surface area (Å²) in [5, 5.41) is 5.74. The highest BCUT2D eigenvalue weighted by Gasteiger charge is 2.39. The molecule has 2 N–H and O–H groups in total. The minimum Gasteiger partial charge on any atom is -0.467 e. The van der Waals surface area contributed by atoms with Gasteiger partial charge in [0, 0.05) is 6.54 Å². The van der Waals surface area contributed by atoms with Crippen LogP contribution in [0, 0.1) is 11.3 Å². The fourth-order valence-corrected chi connectivity index (χ4v) is 3.72. The maximum atomic E-state index is 13.2. The Morgan fingerprint density at radius 1 is 1.06 bits per heavy atom. The molecule has 0 aliphatic carbocycles. The van der Waals surface area contributed by atoms with E-state index in [1.807, 2.05) is 34.6 Å². The summed E-state index contributed by atoms with van der Waals surface area (Å²) in [6.45, 7) is 14.9. The van der Waals surface area contributed by atoms with Crippen molar-refractivity contribution >= 4 is 23.8 Å². The first kappa shape index (κ1) is 27.9. The third kappa shape index (κ3) is 8.07. The Hall–Kier alpha value is -2.16. The monoisotopic (exact) mass is 455 g/mol. The lowest BCUT2D eigenvalue weighted by Gasteiger charge is -2.33. The number of rotatable bonds is 8. The molecule has 0 spiro atoms. The van der Waals surface area contributed by atoms with Crippen molar-refractivity contribution in [2.24, 2.45) is 11.3 Å². The number of Topliss-reactive ketones (excluding diaryl/α,β-unsaturated/α-hetero) is 1. The summed E-state index contributed by atoms with van der Waals surface area (Å²) >= 11 is 0. The van der Waals surface area contributed by atoms with Gasteiger partial charge < -0.3 is 19.7 Å². The molecule has 2 amide bonds. The molecule has 0 aromatic carbocycles. The third-order valence-electron chi connectivity index (χ3n) is 5.29. The van der Waals surface area contributed by atoms with Gasteiger partial charge in [0.05, 0.1) is 25.7 Å². The van der Waals surface area contributed by atoms with Crippen LogP contribution in [0.5, 0.6) is 0 Å². The van der Waals surface area contributed by atoms with Crippen LogP contribution in [0.1, 0.15) is 68.2 Å². The molecule has 32 heavy (non-hydrogen) atoms. The van der Waals surface area contributed by atoms with Crippen LogP contribution < -0.4 is 10.6 Å². The number of amides is 2. The van der Waals surface area contributed by atoms with Gasteiger partial charge in [0.25, 0.3) is 0 Å². The highest BCUT2D eigenvalue weighted by Crippen LogP contribution is 2.23. The van der Waals surface area contributed by atoms with Gasteiger partial charge in [-0.3, -0.25) is 14.9 Å². The van der Waals surface area contributed by atoms with Gasteiger partial charge >= 0.3 is 12.1 Å². The van der Waals surface area contributed by atoms with E-state index in [4.69, 9.17) is 9.47 Å². The standard InChI is InChI=1S/C23H41N3O6/c1-14(2)17(19(28)26-12-10-11-15(26)20(29)31-9)24-13-16(27)18(22(3,4)5)25-21(30)32-23(6,7)8/h14-15,17-18,24H,10-13H2,1-9H3,(H,25,30). The molecule has 0 bridgehead atoms. The molecule has 1 aliphatic heterocycles. The number of hydrogen-bond acceptors (Lipinski definition) is 7. The smallest absolute Gasteiger partial charge is 0.408 e. The van der Waals surface area contributed by atoms with Crippen LogP contribution in [0.25, 0.3) is 0 Å². The highest BCUT2D eigenvalue weighted by molar-refractivity contribution is 5.91. The number of likely N-dealkylation sites (tertiary alicyclic amines) is 1. The summed E-state index contributed by atoms with van der Waals surface area (Å²) < 4.78 is 10.1. The van der Waals surface area contributed by atoms with Gasteiger partial charge in [-0.25, -0.2) is 9.59 Å². The molecule has 9 nitrogen and oxygen atoms in total. The van der Waals surface area contributed by atoms with Crippen molar-refractivity contribution in [1.29, 1.82) is 0 Å². The van der Waals surface area contributed by atoms with Crippen molar-refractivity contribution in [3.05, 3.63) is 0 Å². The van der Waals surface area contributed by atoms with E-state index in [1.54, 1.807) is 20.8 Å². The highest BCUT2D eigenvalue weighted by atomic mass is 16.6. The summed E-state index contributed by atoms with van der Waals surface area (Å²) in [6.07, 6.45) is 0.620. The van der Waals surface area contributed by atoms with E-state index < -0.39 is 41.2 Å². The van der Waals surface area contributed by atoms with Crippen molar-refractivity contribution in [2.45, 2.75) is 92.0 Å². The molecule has 0 radical (unpaired) electrons. The fraction of sp³-hybridized carbons (Fsp3) is 0.826. The normalized spacial score (nSPS) is 18.8. The predicted molar refractivity (Wildman–Crippen MR) is 121 cm³/mol. The first-order valence-electron chi connectivity index (χ1n) is 11.2. The number of esters is 1. The molecule has 1 aliphatic rings. The van der Waals surface area contributed by atoms with Gasteiger partial charge in [-0.05, 0) is 44.9 Å². The van der Waals surface area contributed by atoms with E-state index >= 15 is 0 Å². The minimum absolute atomic E-state index is 0.108. The first-order chi connectivity index (χ1) is 14.6. The number of hydrogen-bond donors (Lipinski definition) is 2. The second-order valence-electron chi connectivity index (χ2n) is 10.7. The number of alkyl carbamates (subject to hydrolysis) is 1. The van der Waals surface area contributed by atoms with Gasteiger partial charge in [-0.15, -0.1) is 0 Å². The van der Waals surface area contributed by atoms with E-state index in [0.29, 0.717) is 13.0 Å². The number of ether oxygens (including phenoxy) is 2. The average molecular weight is 456 g/mol. The molecular weight excluding hydrogens is 414 g/mol. The zero-order valence-corrected chi connectivity index (χ0v) is 21.0. The second-order valence-corrected chi connectivity index (χ2v) is 10.7. The maximum Gasteiger partial charge on any atom is 0.408 e. The van der Waals surface area contributed by atoms with Gasteiger partial charge in [0.1, 0.15) is 11.6 Å². The summed E-state index contributed by atoms with van der Waals surface area (Å²) in [7, 11) is 1.31. The molecule has 184 valence electrons. The van der Waals surface area contributed by atoms with Gasteiger partial charge in [0.2, 0.25) is 5.91 Å². The van der Waals surface area contributed by atoms with Crippen LogP contribution in [0.3, 0.4) is 0 Å². The quantitative estimate of drug-likeness (QED) is 0.540. The Morgan fingerprint density at radius 3 is 2.12 bits per heavy atom. The van der Waals surface area contributed by atoms with E-state index in [9.17, 15) is 19.2 Å². The lowest BCUT2D eigenvalue weighted by molar-refractivity contribution is -0.152. The Labute approximate surface area is 191 Å². The minimum atomic E-state index is -0.803. The number of carbonyl (C=O) groups is 4. The summed E-state index contributed by atoms with van der Waals surface area (Å²) in [5.74, 6) is -1.02. The molecule has 1 heterocycles. The number of carbonyl (C=O) groups excluding carboxylic acids is 4. The lowest BCUT2D eigenvalue weighted by Crippen LogP contribution is -2.56. The number of ketones is 1. The Morgan fingerprint density at radius 2 is 1.66 bits per heavy atom. The van der Waals surface area contributed by atoms with Gasteiger partial charge in [0.15, 0.2) is 5.78 Å². The molecule has 1 fully saturated rings. The van der Waals surface area contributed by atoms with E-state index in [2.05, 4.69) is 10.6 Å². The second kappa shape index (κ2) is 11.1. The van der Waals surface area contributed by atoms with Gasteiger partial charge in [-0.1, -0.05) is 34.6 Å². The maximum absolute atomic E-state index is 13.2. The predicted octanol–water partition coefficient (Wildman–Crippen LogP) is 2.27. The zero-order valence-electron chi connectivity index (χ0n) is 21.0. The van der Waals surface area contributed by atoms with Crippen LogP contribution >= 0.6 is 0 Å². The molecule has 0 aromatic rings. The third-order valence-corrected chi connectivity index (χ3v) is 5.29. The largest absolute Gasteiger partial charge is 0.467 e. The average Bonchev–Trinajstić information content (AvgIpc) is 3.12. The van der Waals surface area contributed by atoms with Crippen LogP contribution in [0.4, 0.5) is 4.79 Å². The van der Waals surface area contributed by atoms with Crippen LogP contribution in [0.2, 0.25) is 0 Å². The Kier molecular flexibility index (Phi) is 9.68. The first-order valence-corrected chi connectivity index (χ1v) is 11.2. The molecule has 0 aromatic heterocycles. The molecular formula is C23H41N3O6. The van der Waals surface area contributed by atoms with Gasteiger partial charge in [-0.2, -0.15) is 0 Å². The Bertz CT molecular complexity index is 693. The van der Waals surface area contributed by atoms with Crippen molar-refractivity contribution < 1.29 is 28.7 Å². The van der Waals surface area contributed by atoms with Crippen molar-refractivity contribution in [1.82, 2.24) is 15.5 Å². The van der Waals surface area contributed by atoms with Crippen LogP contribution in [-0.4, -0.2) is 72.6 Å². The number of methoxy groups -OCH3 is 1. The molecule has 1 rings (SSSR count). The van der Waals surface area contributed by atoms with Crippen molar-refractivity contribution in [3.63, 3.8) is 0 Å². The number of nitrogens with one attached hydrogen (secondary N) is 2. The van der Waals surface area contributed by atoms with Crippen LogP contribution in [-0.2, 0) is 23.9 Å². The SMILES string of the molecule is COC(=O)C1CCCN1C(=O)C(NCC(=O)C(NC(=O)OC(C)(C)C)C(C)(C)C)C(C)C.